The standard InChI is InChI=1S/C26H30N2O4/c1-16-11-13-28(14-12-16)21-7-5-20(6-8-21)27-26(30)19(4)31-23-10-9-22-17(2)15-24(29)32-25(22)18(23)3/h5-10,15-16,19H,11-14H2,1-4H3,(H,27,30)/t19-/m0/s1. The Morgan fingerprint density at radius 1 is 1.12 bits per heavy atom. The Hall–Kier alpha value is -3.28. The van der Waals surface area contributed by atoms with Gasteiger partial charge in [-0.2, -0.15) is 0 Å². The molecule has 32 heavy (non-hydrogen) atoms. The van der Waals surface area contributed by atoms with E-state index in [-0.39, 0.29) is 5.91 Å². The Kier molecular flexibility index (Phi) is 6.21. The van der Waals surface area contributed by atoms with Gasteiger partial charge in [-0.05, 0) is 81.5 Å². The molecule has 1 atom stereocenters. The van der Waals surface area contributed by atoms with Crippen LogP contribution in [0, 0.1) is 19.8 Å². The third-order valence-electron chi connectivity index (χ3n) is 6.27. The lowest BCUT2D eigenvalue weighted by Crippen LogP contribution is -2.32. The highest BCUT2D eigenvalue weighted by Crippen LogP contribution is 2.29. The fourth-order valence-electron chi connectivity index (χ4n) is 4.14. The summed E-state index contributed by atoms with van der Waals surface area (Å²) < 4.78 is 11.3. The topological polar surface area (TPSA) is 71.8 Å². The number of ether oxygens (including phenoxy) is 1. The minimum atomic E-state index is -0.717. The fraction of sp³-hybridized carbons (Fsp3) is 0.385. The first kappa shape index (κ1) is 21.9. The predicted molar refractivity (Wildman–Crippen MR) is 128 cm³/mol. The van der Waals surface area contributed by atoms with E-state index in [1.54, 1.807) is 6.92 Å². The number of hydrogen-bond donors (Lipinski definition) is 1. The number of anilines is 2. The van der Waals surface area contributed by atoms with Crippen molar-refractivity contribution in [3.8, 4) is 5.75 Å². The largest absolute Gasteiger partial charge is 0.480 e. The predicted octanol–water partition coefficient (Wildman–Crippen LogP) is 5.05. The van der Waals surface area contributed by atoms with Gasteiger partial charge in [0.1, 0.15) is 11.3 Å². The fourth-order valence-corrected chi connectivity index (χ4v) is 4.14. The van der Waals surface area contributed by atoms with E-state index >= 15 is 0 Å². The van der Waals surface area contributed by atoms with E-state index in [2.05, 4.69) is 29.3 Å². The monoisotopic (exact) mass is 434 g/mol. The average molecular weight is 435 g/mol. The molecule has 6 heteroatoms. The van der Waals surface area contributed by atoms with Crippen LogP contribution in [0.5, 0.6) is 5.75 Å². The van der Waals surface area contributed by atoms with Crippen LogP contribution in [0.15, 0.2) is 51.7 Å². The lowest BCUT2D eigenvalue weighted by atomic mass is 9.99. The highest BCUT2D eigenvalue weighted by atomic mass is 16.5. The van der Waals surface area contributed by atoms with Crippen molar-refractivity contribution in [3.05, 3.63) is 64.0 Å². The molecule has 168 valence electrons. The molecule has 0 spiro atoms. The summed E-state index contributed by atoms with van der Waals surface area (Å²) in [6, 6.07) is 13.1. The summed E-state index contributed by atoms with van der Waals surface area (Å²) >= 11 is 0. The van der Waals surface area contributed by atoms with Gasteiger partial charge in [0.25, 0.3) is 5.91 Å². The molecule has 0 bridgehead atoms. The van der Waals surface area contributed by atoms with E-state index in [9.17, 15) is 9.59 Å². The van der Waals surface area contributed by atoms with Crippen LogP contribution in [0.3, 0.4) is 0 Å². The van der Waals surface area contributed by atoms with E-state index in [0.717, 1.165) is 35.6 Å². The molecule has 1 saturated heterocycles. The van der Waals surface area contributed by atoms with E-state index in [1.807, 2.05) is 38.1 Å². The molecule has 6 nitrogen and oxygen atoms in total. The van der Waals surface area contributed by atoms with Gasteiger partial charge in [0.05, 0.1) is 0 Å². The molecular formula is C26H30N2O4. The number of amides is 1. The van der Waals surface area contributed by atoms with Gasteiger partial charge in [-0.25, -0.2) is 4.79 Å². The number of piperidine rings is 1. The highest BCUT2D eigenvalue weighted by molar-refractivity contribution is 5.94. The number of carbonyl (C=O) groups excluding carboxylic acids is 1. The summed E-state index contributed by atoms with van der Waals surface area (Å²) in [5.74, 6) is 1.07. The Balaban J connectivity index is 1.42. The first-order valence-corrected chi connectivity index (χ1v) is 11.2. The van der Waals surface area contributed by atoms with Crippen LogP contribution >= 0.6 is 0 Å². The van der Waals surface area contributed by atoms with Gasteiger partial charge in [0, 0.05) is 41.5 Å². The average Bonchev–Trinajstić information content (AvgIpc) is 2.77. The molecule has 1 aliphatic heterocycles. The molecule has 2 heterocycles. The molecule has 0 saturated carbocycles. The summed E-state index contributed by atoms with van der Waals surface area (Å²) in [5, 5.41) is 3.77. The van der Waals surface area contributed by atoms with Crippen LogP contribution in [-0.4, -0.2) is 25.1 Å². The molecular weight excluding hydrogens is 404 g/mol. The summed E-state index contributed by atoms with van der Waals surface area (Å²) in [5.41, 5.74) is 3.55. The molecule has 2 aromatic carbocycles. The van der Waals surface area contributed by atoms with Crippen molar-refractivity contribution in [1.29, 1.82) is 0 Å². The first-order valence-electron chi connectivity index (χ1n) is 11.2. The second kappa shape index (κ2) is 9.07. The number of aryl methyl sites for hydroxylation is 2. The minimum absolute atomic E-state index is 0.241. The second-order valence-corrected chi connectivity index (χ2v) is 8.78. The maximum absolute atomic E-state index is 12.7. The summed E-state index contributed by atoms with van der Waals surface area (Å²) in [6.07, 6.45) is 1.71. The Labute approximate surface area is 188 Å². The smallest absolute Gasteiger partial charge is 0.336 e. The first-order chi connectivity index (χ1) is 15.3. The number of hydrogen-bond acceptors (Lipinski definition) is 5. The van der Waals surface area contributed by atoms with Crippen molar-refractivity contribution in [3.63, 3.8) is 0 Å². The minimum Gasteiger partial charge on any atom is -0.480 e. The van der Waals surface area contributed by atoms with Gasteiger partial charge in [-0.1, -0.05) is 6.92 Å². The zero-order chi connectivity index (χ0) is 22.8. The number of nitrogens with zero attached hydrogens (tertiary/aromatic N) is 1. The van der Waals surface area contributed by atoms with Crippen molar-refractivity contribution in [1.82, 2.24) is 0 Å². The molecule has 0 aliphatic carbocycles. The molecule has 1 N–H and O–H groups in total. The van der Waals surface area contributed by atoms with Gasteiger partial charge in [0.15, 0.2) is 6.10 Å². The number of carbonyl (C=O) groups is 1. The maximum Gasteiger partial charge on any atom is 0.336 e. The van der Waals surface area contributed by atoms with Crippen LogP contribution in [0.2, 0.25) is 0 Å². The maximum atomic E-state index is 12.7. The van der Waals surface area contributed by atoms with E-state index in [1.165, 1.54) is 24.6 Å². The van der Waals surface area contributed by atoms with Gasteiger partial charge >= 0.3 is 5.63 Å². The number of nitrogens with one attached hydrogen (secondary N) is 1. The molecule has 1 aliphatic rings. The SMILES string of the molecule is Cc1cc(=O)oc2c(C)c(O[C@@H](C)C(=O)Nc3ccc(N4CCC(C)CC4)cc3)ccc12. The highest BCUT2D eigenvalue weighted by Gasteiger charge is 2.19. The molecule has 0 radical (unpaired) electrons. The molecule has 0 unspecified atom stereocenters. The summed E-state index contributed by atoms with van der Waals surface area (Å²) in [6.45, 7) is 9.84. The quantitative estimate of drug-likeness (QED) is 0.569. The van der Waals surface area contributed by atoms with Crippen LogP contribution in [0.1, 0.15) is 37.8 Å². The van der Waals surface area contributed by atoms with Gasteiger partial charge in [0.2, 0.25) is 0 Å². The summed E-state index contributed by atoms with van der Waals surface area (Å²) in [7, 11) is 0. The van der Waals surface area contributed by atoms with E-state index < -0.39 is 11.7 Å². The number of fused-ring (bicyclic) bond motifs is 1. The van der Waals surface area contributed by atoms with Crippen molar-refractivity contribution in [2.24, 2.45) is 5.92 Å². The van der Waals surface area contributed by atoms with Gasteiger partial charge in [-0.15, -0.1) is 0 Å². The zero-order valence-corrected chi connectivity index (χ0v) is 19.1. The van der Waals surface area contributed by atoms with Crippen LogP contribution in [0.25, 0.3) is 11.0 Å². The molecule has 1 aromatic heterocycles. The summed E-state index contributed by atoms with van der Waals surface area (Å²) in [4.78, 5) is 26.9. The van der Waals surface area contributed by atoms with Gasteiger partial charge in [-0.3, -0.25) is 4.79 Å². The van der Waals surface area contributed by atoms with Crippen molar-refractivity contribution >= 4 is 28.3 Å². The van der Waals surface area contributed by atoms with Crippen LogP contribution < -0.4 is 20.6 Å². The Morgan fingerprint density at radius 2 is 1.81 bits per heavy atom. The zero-order valence-electron chi connectivity index (χ0n) is 19.1. The van der Waals surface area contributed by atoms with E-state index in [0.29, 0.717) is 16.9 Å². The molecule has 4 rings (SSSR count). The third kappa shape index (κ3) is 4.64. The van der Waals surface area contributed by atoms with Crippen molar-refractivity contribution in [2.45, 2.75) is 46.6 Å². The van der Waals surface area contributed by atoms with E-state index in [4.69, 9.17) is 9.15 Å². The number of rotatable bonds is 5. The normalized spacial score (nSPS) is 15.6. The van der Waals surface area contributed by atoms with Crippen LogP contribution in [0.4, 0.5) is 11.4 Å². The van der Waals surface area contributed by atoms with Gasteiger partial charge < -0.3 is 19.4 Å². The molecule has 1 fully saturated rings. The second-order valence-electron chi connectivity index (χ2n) is 8.78. The van der Waals surface area contributed by atoms with Crippen molar-refractivity contribution in [2.75, 3.05) is 23.3 Å². The Bertz CT molecular complexity index is 1170. The number of benzene rings is 2. The lowest BCUT2D eigenvalue weighted by molar-refractivity contribution is -0.122. The lowest BCUT2D eigenvalue weighted by Gasteiger charge is -2.32. The third-order valence-corrected chi connectivity index (χ3v) is 6.27. The molecule has 3 aromatic rings. The van der Waals surface area contributed by atoms with Crippen molar-refractivity contribution < 1.29 is 13.9 Å². The van der Waals surface area contributed by atoms with Crippen LogP contribution in [-0.2, 0) is 4.79 Å². The molecule has 1 amide bonds. The Morgan fingerprint density at radius 3 is 2.50 bits per heavy atom.